The average molecular weight is 288 g/mol. The van der Waals surface area contributed by atoms with E-state index in [-0.39, 0.29) is 5.54 Å². The van der Waals surface area contributed by atoms with E-state index in [0.717, 1.165) is 13.1 Å². The summed E-state index contributed by atoms with van der Waals surface area (Å²) in [5.41, 5.74) is 1.60. The summed E-state index contributed by atoms with van der Waals surface area (Å²) in [7, 11) is 0. The third-order valence-electron chi connectivity index (χ3n) is 4.90. The van der Waals surface area contributed by atoms with E-state index in [9.17, 15) is 0 Å². The van der Waals surface area contributed by atoms with Crippen molar-refractivity contribution in [2.75, 3.05) is 26.2 Å². The molecule has 0 radical (unpaired) electrons. The van der Waals surface area contributed by atoms with Crippen LogP contribution in [0.3, 0.4) is 0 Å². The molecule has 1 aromatic rings. The number of rotatable bonds is 8. The van der Waals surface area contributed by atoms with Crippen LogP contribution >= 0.6 is 0 Å². The van der Waals surface area contributed by atoms with E-state index in [1.165, 1.54) is 57.2 Å². The van der Waals surface area contributed by atoms with Crippen molar-refractivity contribution in [2.45, 2.75) is 57.9 Å². The van der Waals surface area contributed by atoms with Crippen molar-refractivity contribution >= 4 is 0 Å². The molecule has 2 nitrogen and oxygen atoms in total. The molecule has 0 bridgehead atoms. The summed E-state index contributed by atoms with van der Waals surface area (Å²) in [6.45, 7) is 9.27. The summed E-state index contributed by atoms with van der Waals surface area (Å²) in [5.74, 6) is 0. The highest BCUT2D eigenvalue weighted by molar-refractivity contribution is 5.25. The molecule has 1 aliphatic heterocycles. The van der Waals surface area contributed by atoms with E-state index in [2.05, 4.69) is 54.4 Å². The molecule has 21 heavy (non-hydrogen) atoms. The van der Waals surface area contributed by atoms with Crippen molar-refractivity contribution in [3.63, 3.8) is 0 Å². The summed E-state index contributed by atoms with van der Waals surface area (Å²) < 4.78 is 0. The number of unbranched alkanes of at least 4 members (excludes halogenated alkanes) is 5. The first kappa shape index (κ1) is 16.5. The van der Waals surface area contributed by atoms with Crippen LogP contribution in [0.2, 0.25) is 0 Å². The second-order valence-electron chi connectivity index (χ2n) is 6.57. The first-order valence-electron chi connectivity index (χ1n) is 8.78. The SMILES string of the molecule is CCCCCCCCN1CCNCC1(C)c1ccccc1. The lowest BCUT2D eigenvalue weighted by Crippen LogP contribution is -2.57. The molecule has 1 atom stereocenters. The second-order valence-corrected chi connectivity index (χ2v) is 6.57. The molecule has 118 valence electrons. The van der Waals surface area contributed by atoms with Crippen LogP contribution in [0.5, 0.6) is 0 Å². The lowest BCUT2D eigenvalue weighted by Gasteiger charge is -2.46. The molecular formula is C19H32N2. The molecule has 1 aromatic carbocycles. The van der Waals surface area contributed by atoms with E-state index in [0.29, 0.717) is 0 Å². The van der Waals surface area contributed by atoms with E-state index < -0.39 is 0 Å². The maximum atomic E-state index is 3.58. The van der Waals surface area contributed by atoms with Crippen molar-refractivity contribution in [3.05, 3.63) is 35.9 Å². The zero-order valence-corrected chi connectivity index (χ0v) is 13.9. The van der Waals surface area contributed by atoms with Crippen LogP contribution in [0.4, 0.5) is 0 Å². The molecule has 0 saturated carbocycles. The Labute approximate surface area is 130 Å². The van der Waals surface area contributed by atoms with Gasteiger partial charge in [0, 0.05) is 19.6 Å². The van der Waals surface area contributed by atoms with Gasteiger partial charge in [0.15, 0.2) is 0 Å². The minimum Gasteiger partial charge on any atom is -0.313 e. The monoisotopic (exact) mass is 288 g/mol. The lowest BCUT2D eigenvalue weighted by atomic mass is 9.88. The summed E-state index contributed by atoms with van der Waals surface area (Å²) in [6, 6.07) is 11.0. The topological polar surface area (TPSA) is 15.3 Å². The molecular weight excluding hydrogens is 256 g/mol. The van der Waals surface area contributed by atoms with Gasteiger partial charge in [-0.15, -0.1) is 0 Å². The largest absolute Gasteiger partial charge is 0.313 e. The molecule has 1 saturated heterocycles. The van der Waals surface area contributed by atoms with Gasteiger partial charge in [0.2, 0.25) is 0 Å². The van der Waals surface area contributed by atoms with E-state index in [1.54, 1.807) is 0 Å². The Balaban J connectivity index is 1.87. The van der Waals surface area contributed by atoms with Gasteiger partial charge in [-0.3, -0.25) is 4.90 Å². The summed E-state index contributed by atoms with van der Waals surface area (Å²) in [6.07, 6.45) is 8.27. The number of piperazine rings is 1. The van der Waals surface area contributed by atoms with Gasteiger partial charge in [-0.25, -0.2) is 0 Å². The maximum Gasteiger partial charge on any atom is 0.0557 e. The maximum absolute atomic E-state index is 3.58. The number of hydrogen-bond acceptors (Lipinski definition) is 2. The van der Waals surface area contributed by atoms with Crippen molar-refractivity contribution in [1.82, 2.24) is 10.2 Å². The highest BCUT2D eigenvalue weighted by Crippen LogP contribution is 2.29. The van der Waals surface area contributed by atoms with Crippen molar-refractivity contribution in [1.29, 1.82) is 0 Å². The summed E-state index contributed by atoms with van der Waals surface area (Å²) in [5, 5.41) is 3.58. The third kappa shape index (κ3) is 4.55. The number of benzene rings is 1. The Hall–Kier alpha value is -0.860. The molecule has 2 heteroatoms. The third-order valence-corrected chi connectivity index (χ3v) is 4.90. The predicted molar refractivity (Wildman–Crippen MR) is 91.6 cm³/mol. The van der Waals surface area contributed by atoms with E-state index in [1.807, 2.05) is 0 Å². The number of hydrogen-bond donors (Lipinski definition) is 1. The van der Waals surface area contributed by atoms with Crippen molar-refractivity contribution < 1.29 is 0 Å². The van der Waals surface area contributed by atoms with Crippen LogP contribution in [0.25, 0.3) is 0 Å². The predicted octanol–water partition coefficient (Wildman–Crippen LogP) is 4.17. The van der Waals surface area contributed by atoms with Crippen LogP contribution in [0, 0.1) is 0 Å². The summed E-state index contributed by atoms with van der Waals surface area (Å²) in [4.78, 5) is 2.69. The fraction of sp³-hybridized carbons (Fsp3) is 0.684. The van der Waals surface area contributed by atoms with Gasteiger partial charge < -0.3 is 5.32 Å². The van der Waals surface area contributed by atoms with Gasteiger partial charge in [0.05, 0.1) is 5.54 Å². The Morgan fingerprint density at radius 2 is 1.76 bits per heavy atom. The normalized spacial score (nSPS) is 23.3. The molecule has 1 heterocycles. The molecule has 0 aliphatic carbocycles. The molecule has 1 unspecified atom stereocenters. The van der Waals surface area contributed by atoms with Gasteiger partial charge in [-0.1, -0.05) is 69.4 Å². The molecule has 0 spiro atoms. The zero-order chi connectivity index (χ0) is 15.0. The highest BCUT2D eigenvalue weighted by Gasteiger charge is 2.35. The molecule has 1 N–H and O–H groups in total. The molecule has 1 fully saturated rings. The van der Waals surface area contributed by atoms with E-state index in [4.69, 9.17) is 0 Å². The Morgan fingerprint density at radius 1 is 1.05 bits per heavy atom. The smallest absolute Gasteiger partial charge is 0.0557 e. The minimum absolute atomic E-state index is 0.156. The van der Waals surface area contributed by atoms with Crippen molar-refractivity contribution in [3.8, 4) is 0 Å². The van der Waals surface area contributed by atoms with Crippen molar-refractivity contribution in [2.24, 2.45) is 0 Å². The molecule has 0 aromatic heterocycles. The molecule has 1 aliphatic rings. The Bertz CT molecular complexity index is 390. The first-order valence-corrected chi connectivity index (χ1v) is 8.78. The van der Waals surface area contributed by atoms with Gasteiger partial charge in [-0.05, 0) is 25.5 Å². The standard InChI is InChI=1S/C19H32N2/c1-3-4-5-6-7-11-15-21-16-14-20-17-19(21,2)18-12-9-8-10-13-18/h8-10,12-13,20H,3-7,11,14-17H2,1-2H3. The zero-order valence-electron chi connectivity index (χ0n) is 13.9. The van der Waals surface area contributed by atoms with Crippen LogP contribution in [0.1, 0.15) is 57.9 Å². The van der Waals surface area contributed by atoms with Crippen LogP contribution in [-0.4, -0.2) is 31.1 Å². The van der Waals surface area contributed by atoms with Crippen LogP contribution in [0.15, 0.2) is 30.3 Å². The van der Waals surface area contributed by atoms with Crippen LogP contribution in [-0.2, 0) is 5.54 Å². The second kappa shape index (κ2) is 8.55. The lowest BCUT2D eigenvalue weighted by molar-refractivity contribution is 0.0710. The Morgan fingerprint density at radius 3 is 2.52 bits per heavy atom. The first-order chi connectivity index (χ1) is 10.3. The Kier molecular flexibility index (Phi) is 6.72. The van der Waals surface area contributed by atoms with E-state index >= 15 is 0 Å². The summed E-state index contributed by atoms with van der Waals surface area (Å²) >= 11 is 0. The number of nitrogens with one attached hydrogen (secondary N) is 1. The quantitative estimate of drug-likeness (QED) is 0.722. The fourth-order valence-electron chi connectivity index (χ4n) is 3.43. The highest BCUT2D eigenvalue weighted by atomic mass is 15.3. The van der Waals surface area contributed by atoms with Gasteiger partial charge in [0.25, 0.3) is 0 Å². The van der Waals surface area contributed by atoms with Crippen LogP contribution < -0.4 is 5.32 Å². The fourth-order valence-corrected chi connectivity index (χ4v) is 3.43. The number of nitrogens with zero attached hydrogens (tertiary/aromatic N) is 1. The molecule has 0 amide bonds. The minimum atomic E-state index is 0.156. The average Bonchev–Trinajstić information content (AvgIpc) is 2.53. The van der Waals surface area contributed by atoms with Gasteiger partial charge in [-0.2, -0.15) is 0 Å². The van der Waals surface area contributed by atoms with Gasteiger partial charge >= 0.3 is 0 Å². The molecule has 2 rings (SSSR count). The van der Waals surface area contributed by atoms with Gasteiger partial charge in [0.1, 0.15) is 0 Å².